The summed E-state index contributed by atoms with van der Waals surface area (Å²) in [5.41, 5.74) is 7.63. The monoisotopic (exact) mass is 307 g/mol. The minimum Gasteiger partial charge on any atom is -0.370 e. The first-order chi connectivity index (χ1) is 9.81. The molecule has 0 amide bonds. The Labute approximate surface area is 131 Å². The molecule has 0 saturated carbocycles. The van der Waals surface area contributed by atoms with Crippen LogP contribution in [0.5, 0.6) is 0 Å². The van der Waals surface area contributed by atoms with Gasteiger partial charge < -0.3 is 16.0 Å². The fourth-order valence-electron chi connectivity index (χ4n) is 2.76. The highest BCUT2D eigenvalue weighted by Gasteiger charge is 2.22. The van der Waals surface area contributed by atoms with Gasteiger partial charge >= 0.3 is 0 Å². The standard InChI is InChI=1S/C15H21N5.ClH/c1-17-14-15(20-8-6-11(10-16)7-9-20)19-13-5-3-2-4-12(13)18-14;/h2-5,11H,6-10,16H2,1H3,(H,17,18);1H. The Morgan fingerprint density at radius 2 is 1.81 bits per heavy atom. The van der Waals surface area contributed by atoms with Crippen LogP contribution in [0.15, 0.2) is 24.3 Å². The van der Waals surface area contributed by atoms with Crippen LogP contribution in [0.1, 0.15) is 12.8 Å². The molecule has 5 nitrogen and oxygen atoms in total. The highest BCUT2D eigenvalue weighted by Crippen LogP contribution is 2.28. The van der Waals surface area contributed by atoms with Crippen LogP contribution in [-0.2, 0) is 0 Å². The van der Waals surface area contributed by atoms with E-state index in [2.05, 4.69) is 15.2 Å². The van der Waals surface area contributed by atoms with Crippen molar-refractivity contribution in [3.63, 3.8) is 0 Å². The van der Waals surface area contributed by atoms with Gasteiger partial charge in [-0.15, -0.1) is 12.4 Å². The third kappa shape index (κ3) is 3.19. The highest BCUT2D eigenvalue weighted by atomic mass is 35.5. The Hall–Kier alpha value is -1.59. The second-order valence-corrected chi connectivity index (χ2v) is 5.30. The predicted molar refractivity (Wildman–Crippen MR) is 90.3 cm³/mol. The van der Waals surface area contributed by atoms with Gasteiger partial charge in [-0.05, 0) is 37.4 Å². The second kappa shape index (κ2) is 6.91. The maximum Gasteiger partial charge on any atom is 0.172 e. The molecule has 3 N–H and O–H groups in total. The van der Waals surface area contributed by atoms with Crippen molar-refractivity contribution in [2.75, 3.05) is 36.9 Å². The van der Waals surface area contributed by atoms with E-state index in [1.807, 2.05) is 31.3 Å². The molecule has 2 heterocycles. The third-order valence-electron chi connectivity index (χ3n) is 4.04. The largest absolute Gasteiger partial charge is 0.370 e. The molecule has 1 aliphatic rings. The van der Waals surface area contributed by atoms with E-state index in [4.69, 9.17) is 10.7 Å². The Morgan fingerprint density at radius 3 is 2.38 bits per heavy atom. The Kier molecular flexibility index (Phi) is 5.20. The van der Waals surface area contributed by atoms with Gasteiger partial charge in [-0.3, -0.25) is 0 Å². The average Bonchev–Trinajstić information content (AvgIpc) is 2.53. The van der Waals surface area contributed by atoms with Crippen molar-refractivity contribution in [2.24, 2.45) is 11.7 Å². The third-order valence-corrected chi connectivity index (χ3v) is 4.04. The maximum atomic E-state index is 5.76. The maximum absolute atomic E-state index is 5.76. The van der Waals surface area contributed by atoms with Gasteiger partial charge in [0.05, 0.1) is 11.0 Å². The Bertz CT molecular complexity index is 596. The van der Waals surface area contributed by atoms with Gasteiger partial charge in [0.15, 0.2) is 11.6 Å². The van der Waals surface area contributed by atoms with Gasteiger partial charge in [-0.2, -0.15) is 0 Å². The van der Waals surface area contributed by atoms with Crippen molar-refractivity contribution < 1.29 is 0 Å². The lowest BCUT2D eigenvalue weighted by atomic mass is 9.97. The number of hydrogen-bond acceptors (Lipinski definition) is 5. The number of benzene rings is 1. The van der Waals surface area contributed by atoms with Crippen LogP contribution in [-0.4, -0.2) is 36.6 Å². The van der Waals surface area contributed by atoms with Crippen LogP contribution >= 0.6 is 12.4 Å². The van der Waals surface area contributed by atoms with Gasteiger partial charge in [0.1, 0.15) is 0 Å². The zero-order valence-corrected chi connectivity index (χ0v) is 13.1. The normalized spacial score (nSPS) is 15.8. The first-order valence-corrected chi connectivity index (χ1v) is 7.21. The number of anilines is 2. The molecule has 2 aromatic rings. The zero-order valence-electron chi connectivity index (χ0n) is 12.2. The van der Waals surface area contributed by atoms with Crippen molar-refractivity contribution in [3.8, 4) is 0 Å². The molecule has 0 bridgehead atoms. The van der Waals surface area contributed by atoms with Crippen molar-refractivity contribution in [2.45, 2.75) is 12.8 Å². The van der Waals surface area contributed by atoms with Gasteiger partial charge in [0, 0.05) is 20.1 Å². The molecular weight excluding hydrogens is 286 g/mol. The molecule has 0 unspecified atom stereocenters. The van der Waals surface area contributed by atoms with Crippen LogP contribution in [0.25, 0.3) is 11.0 Å². The van der Waals surface area contributed by atoms with E-state index in [1.54, 1.807) is 0 Å². The van der Waals surface area contributed by atoms with Gasteiger partial charge in [0.25, 0.3) is 0 Å². The topological polar surface area (TPSA) is 67.1 Å². The quantitative estimate of drug-likeness (QED) is 0.910. The van der Waals surface area contributed by atoms with Crippen molar-refractivity contribution in [3.05, 3.63) is 24.3 Å². The molecule has 0 aliphatic carbocycles. The SMILES string of the molecule is CNc1nc2ccccc2nc1N1CCC(CN)CC1.Cl. The molecule has 1 fully saturated rings. The van der Waals surface area contributed by atoms with Crippen LogP contribution in [0.3, 0.4) is 0 Å². The van der Waals surface area contributed by atoms with Crippen molar-refractivity contribution in [1.82, 2.24) is 9.97 Å². The lowest BCUT2D eigenvalue weighted by molar-refractivity contribution is 0.413. The molecule has 0 spiro atoms. The zero-order chi connectivity index (χ0) is 13.9. The summed E-state index contributed by atoms with van der Waals surface area (Å²) in [6.45, 7) is 2.79. The molecule has 21 heavy (non-hydrogen) atoms. The summed E-state index contributed by atoms with van der Waals surface area (Å²) in [6, 6.07) is 7.99. The minimum atomic E-state index is 0. The summed E-state index contributed by atoms with van der Waals surface area (Å²) < 4.78 is 0. The molecule has 3 rings (SSSR count). The van der Waals surface area contributed by atoms with Crippen LogP contribution in [0.4, 0.5) is 11.6 Å². The minimum absolute atomic E-state index is 0. The number of nitrogens with zero attached hydrogens (tertiary/aromatic N) is 3. The summed E-state index contributed by atoms with van der Waals surface area (Å²) >= 11 is 0. The summed E-state index contributed by atoms with van der Waals surface area (Å²) in [7, 11) is 1.90. The van der Waals surface area contributed by atoms with Crippen molar-refractivity contribution in [1.29, 1.82) is 0 Å². The van der Waals surface area contributed by atoms with E-state index in [9.17, 15) is 0 Å². The second-order valence-electron chi connectivity index (χ2n) is 5.30. The molecule has 6 heteroatoms. The molecule has 1 saturated heterocycles. The summed E-state index contributed by atoms with van der Waals surface area (Å²) in [6.07, 6.45) is 2.27. The van der Waals surface area contributed by atoms with Crippen LogP contribution in [0, 0.1) is 5.92 Å². The van der Waals surface area contributed by atoms with Crippen LogP contribution < -0.4 is 16.0 Å². The first-order valence-electron chi connectivity index (χ1n) is 7.21. The predicted octanol–water partition coefficient (Wildman–Crippen LogP) is 2.27. The fraction of sp³-hybridized carbons (Fsp3) is 0.467. The number of halogens is 1. The number of fused-ring (bicyclic) bond motifs is 1. The Balaban J connectivity index is 0.00000161. The van der Waals surface area contributed by atoms with E-state index in [0.29, 0.717) is 5.92 Å². The van der Waals surface area contributed by atoms with E-state index in [0.717, 1.165) is 55.1 Å². The number of rotatable bonds is 3. The Morgan fingerprint density at radius 1 is 1.19 bits per heavy atom. The molecule has 1 aromatic heterocycles. The van der Waals surface area contributed by atoms with Gasteiger partial charge in [0.2, 0.25) is 0 Å². The summed E-state index contributed by atoms with van der Waals surface area (Å²) in [5, 5.41) is 3.17. The van der Waals surface area contributed by atoms with E-state index in [-0.39, 0.29) is 12.4 Å². The lowest BCUT2D eigenvalue weighted by Gasteiger charge is -2.33. The summed E-state index contributed by atoms with van der Waals surface area (Å²) in [5.74, 6) is 2.47. The smallest absolute Gasteiger partial charge is 0.172 e. The number of hydrogen-bond donors (Lipinski definition) is 2. The number of aromatic nitrogens is 2. The summed E-state index contributed by atoms with van der Waals surface area (Å²) in [4.78, 5) is 11.8. The average molecular weight is 308 g/mol. The number of nitrogens with two attached hydrogens (primary N) is 1. The number of nitrogens with one attached hydrogen (secondary N) is 1. The molecule has 0 radical (unpaired) electrons. The van der Waals surface area contributed by atoms with Gasteiger partial charge in [-0.1, -0.05) is 12.1 Å². The van der Waals surface area contributed by atoms with Crippen LogP contribution in [0.2, 0.25) is 0 Å². The number of piperidine rings is 1. The van der Waals surface area contributed by atoms with Gasteiger partial charge in [-0.25, -0.2) is 9.97 Å². The molecular formula is C15H22ClN5. The first kappa shape index (κ1) is 15.8. The van der Waals surface area contributed by atoms with E-state index in [1.165, 1.54) is 0 Å². The van der Waals surface area contributed by atoms with E-state index < -0.39 is 0 Å². The molecule has 1 aliphatic heterocycles. The number of para-hydroxylation sites is 2. The lowest BCUT2D eigenvalue weighted by Crippen LogP contribution is -2.37. The van der Waals surface area contributed by atoms with Crippen molar-refractivity contribution >= 4 is 35.1 Å². The molecule has 114 valence electrons. The molecule has 1 aromatic carbocycles. The fourth-order valence-corrected chi connectivity index (χ4v) is 2.76. The highest BCUT2D eigenvalue weighted by molar-refractivity contribution is 5.85. The molecule has 0 atom stereocenters. The van der Waals surface area contributed by atoms with E-state index >= 15 is 0 Å².